The number of halogens is 3. The largest absolute Gasteiger partial charge is 0.398 e. The summed E-state index contributed by atoms with van der Waals surface area (Å²) in [5, 5.41) is 2.63. The lowest BCUT2D eigenvalue weighted by atomic mass is 10.2. The van der Waals surface area contributed by atoms with Crippen LogP contribution in [0.15, 0.2) is 16.6 Å². The summed E-state index contributed by atoms with van der Waals surface area (Å²) in [7, 11) is 0. The third kappa shape index (κ3) is 2.83. The molecular weight excluding hydrogens is 254 g/mol. The van der Waals surface area contributed by atoms with Crippen LogP contribution in [0.1, 0.15) is 5.56 Å². The highest BCUT2D eigenvalue weighted by molar-refractivity contribution is 9.10. The van der Waals surface area contributed by atoms with Gasteiger partial charge in [-0.3, -0.25) is 0 Å². The standard InChI is InChI=1S/C9H11BrF2N2/c1-5-2-8(14-4-9(11)12)6(10)3-7(5)13/h2-3,9,14H,4,13H2,1H3. The fourth-order valence-corrected chi connectivity index (χ4v) is 1.52. The van der Waals surface area contributed by atoms with Crippen LogP contribution in [0, 0.1) is 6.92 Å². The van der Waals surface area contributed by atoms with Gasteiger partial charge in [-0.15, -0.1) is 0 Å². The zero-order chi connectivity index (χ0) is 10.7. The molecule has 78 valence electrons. The first-order valence-corrected chi connectivity index (χ1v) is 4.87. The van der Waals surface area contributed by atoms with E-state index < -0.39 is 6.43 Å². The summed E-state index contributed by atoms with van der Waals surface area (Å²) in [5.41, 5.74) is 7.78. The number of nitrogens with one attached hydrogen (secondary N) is 1. The van der Waals surface area contributed by atoms with E-state index in [9.17, 15) is 8.78 Å². The molecule has 0 atom stereocenters. The van der Waals surface area contributed by atoms with E-state index in [4.69, 9.17) is 5.73 Å². The second kappa shape index (κ2) is 4.59. The predicted molar refractivity (Wildman–Crippen MR) is 57.8 cm³/mol. The van der Waals surface area contributed by atoms with Gasteiger partial charge < -0.3 is 11.1 Å². The Kier molecular flexibility index (Phi) is 3.69. The van der Waals surface area contributed by atoms with E-state index in [2.05, 4.69) is 21.2 Å². The number of hydrogen-bond donors (Lipinski definition) is 2. The Balaban J connectivity index is 2.82. The number of anilines is 2. The molecule has 3 N–H and O–H groups in total. The minimum Gasteiger partial charge on any atom is -0.398 e. The van der Waals surface area contributed by atoms with E-state index in [1.165, 1.54) is 0 Å². The van der Waals surface area contributed by atoms with Gasteiger partial charge >= 0.3 is 0 Å². The lowest BCUT2D eigenvalue weighted by Crippen LogP contribution is -2.10. The summed E-state index contributed by atoms with van der Waals surface area (Å²) in [6, 6.07) is 3.44. The number of nitrogen functional groups attached to an aromatic ring is 1. The molecule has 0 amide bonds. The molecule has 0 aliphatic heterocycles. The Hall–Kier alpha value is -0.840. The molecule has 0 saturated carbocycles. The predicted octanol–water partition coefficient (Wildman–Crippen LogP) is 3.02. The van der Waals surface area contributed by atoms with Crippen molar-refractivity contribution in [2.75, 3.05) is 17.6 Å². The van der Waals surface area contributed by atoms with Crippen molar-refractivity contribution >= 4 is 27.3 Å². The van der Waals surface area contributed by atoms with Crippen LogP contribution in [0.25, 0.3) is 0 Å². The highest BCUT2D eigenvalue weighted by atomic mass is 79.9. The normalized spacial score (nSPS) is 10.6. The molecule has 0 aromatic heterocycles. The Labute approximate surface area is 89.6 Å². The maximum Gasteiger partial charge on any atom is 0.255 e. The maximum absolute atomic E-state index is 11.9. The second-order valence-electron chi connectivity index (χ2n) is 2.96. The average molecular weight is 265 g/mol. The summed E-state index contributed by atoms with van der Waals surface area (Å²) in [6.45, 7) is 1.47. The summed E-state index contributed by atoms with van der Waals surface area (Å²) < 4.78 is 24.6. The van der Waals surface area contributed by atoms with E-state index in [0.29, 0.717) is 15.8 Å². The zero-order valence-corrected chi connectivity index (χ0v) is 9.24. The fourth-order valence-electron chi connectivity index (χ4n) is 1.02. The van der Waals surface area contributed by atoms with Gasteiger partial charge in [0, 0.05) is 15.8 Å². The van der Waals surface area contributed by atoms with Gasteiger partial charge in [0.15, 0.2) is 0 Å². The fraction of sp³-hybridized carbons (Fsp3) is 0.333. The van der Waals surface area contributed by atoms with Gasteiger partial charge in [-0.05, 0) is 40.5 Å². The minimum atomic E-state index is -2.36. The van der Waals surface area contributed by atoms with Gasteiger partial charge in [-0.1, -0.05) is 0 Å². The molecule has 0 saturated heterocycles. The molecular formula is C9H11BrF2N2. The highest BCUT2D eigenvalue weighted by Gasteiger charge is 2.06. The Morgan fingerprint density at radius 3 is 2.71 bits per heavy atom. The number of rotatable bonds is 3. The molecule has 0 unspecified atom stereocenters. The van der Waals surface area contributed by atoms with E-state index in [0.717, 1.165) is 5.56 Å². The third-order valence-electron chi connectivity index (χ3n) is 1.80. The first kappa shape index (κ1) is 11.2. The van der Waals surface area contributed by atoms with Crippen molar-refractivity contribution in [3.63, 3.8) is 0 Å². The molecule has 0 aliphatic rings. The number of benzene rings is 1. The first-order chi connectivity index (χ1) is 6.50. The number of hydrogen-bond acceptors (Lipinski definition) is 2. The van der Waals surface area contributed by atoms with E-state index in [-0.39, 0.29) is 6.54 Å². The molecule has 0 radical (unpaired) electrons. The van der Waals surface area contributed by atoms with Crippen LogP contribution < -0.4 is 11.1 Å². The van der Waals surface area contributed by atoms with Gasteiger partial charge in [0.05, 0.1) is 6.54 Å². The average Bonchev–Trinajstić information content (AvgIpc) is 2.09. The number of aryl methyl sites for hydroxylation is 1. The van der Waals surface area contributed by atoms with Crippen molar-refractivity contribution in [2.24, 2.45) is 0 Å². The van der Waals surface area contributed by atoms with Crippen LogP contribution in [0.2, 0.25) is 0 Å². The molecule has 5 heteroatoms. The molecule has 2 nitrogen and oxygen atoms in total. The SMILES string of the molecule is Cc1cc(NCC(F)F)c(Br)cc1N. The van der Waals surface area contributed by atoms with Crippen LogP contribution in [0.5, 0.6) is 0 Å². The van der Waals surface area contributed by atoms with Crippen molar-refractivity contribution in [2.45, 2.75) is 13.3 Å². The molecule has 1 rings (SSSR count). The molecule has 0 bridgehead atoms. The molecule has 1 aromatic carbocycles. The Bertz CT molecular complexity index is 329. The Morgan fingerprint density at radius 1 is 1.50 bits per heavy atom. The Morgan fingerprint density at radius 2 is 2.14 bits per heavy atom. The first-order valence-electron chi connectivity index (χ1n) is 4.08. The summed E-state index contributed by atoms with van der Waals surface area (Å²) in [6.07, 6.45) is -2.36. The van der Waals surface area contributed by atoms with Crippen molar-refractivity contribution < 1.29 is 8.78 Å². The van der Waals surface area contributed by atoms with E-state index in [1.54, 1.807) is 12.1 Å². The van der Waals surface area contributed by atoms with Gasteiger partial charge in [-0.25, -0.2) is 8.78 Å². The smallest absolute Gasteiger partial charge is 0.255 e. The summed E-state index contributed by atoms with van der Waals surface area (Å²) in [5.74, 6) is 0. The van der Waals surface area contributed by atoms with Crippen LogP contribution in [0.4, 0.5) is 20.2 Å². The quantitative estimate of drug-likeness (QED) is 0.824. The molecule has 0 spiro atoms. The van der Waals surface area contributed by atoms with Crippen molar-refractivity contribution in [3.05, 3.63) is 22.2 Å². The zero-order valence-electron chi connectivity index (χ0n) is 7.65. The molecule has 1 aromatic rings. The van der Waals surface area contributed by atoms with Crippen LogP contribution in [-0.4, -0.2) is 13.0 Å². The van der Waals surface area contributed by atoms with Crippen LogP contribution in [-0.2, 0) is 0 Å². The highest BCUT2D eigenvalue weighted by Crippen LogP contribution is 2.27. The van der Waals surface area contributed by atoms with Gasteiger partial charge in [0.25, 0.3) is 6.43 Å². The molecule has 0 heterocycles. The molecule has 0 fully saturated rings. The molecule has 14 heavy (non-hydrogen) atoms. The summed E-state index contributed by atoms with van der Waals surface area (Å²) >= 11 is 3.24. The second-order valence-corrected chi connectivity index (χ2v) is 3.81. The lowest BCUT2D eigenvalue weighted by molar-refractivity contribution is 0.163. The van der Waals surface area contributed by atoms with E-state index >= 15 is 0 Å². The number of nitrogens with two attached hydrogens (primary N) is 1. The van der Waals surface area contributed by atoms with Crippen molar-refractivity contribution in [3.8, 4) is 0 Å². The number of alkyl halides is 2. The van der Waals surface area contributed by atoms with Crippen LogP contribution in [0.3, 0.4) is 0 Å². The van der Waals surface area contributed by atoms with Crippen molar-refractivity contribution in [1.82, 2.24) is 0 Å². The maximum atomic E-state index is 11.9. The summed E-state index contributed by atoms with van der Waals surface area (Å²) in [4.78, 5) is 0. The van der Waals surface area contributed by atoms with Gasteiger partial charge in [0.1, 0.15) is 0 Å². The monoisotopic (exact) mass is 264 g/mol. The van der Waals surface area contributed by atoms with E-state index in [1.807, 2.05) is 6.92 Å². The molecule has 0 aliphatic carbocycles. The lowest BCUT2D eigenvalue weighted by Gasteiger charge is -2.10. The minimum absolute atomic E-state index is 0.359. The van der Waals surface area contributed by atoms with Crippen LogP contribution >= 0.6 is 15.9 Å². The third-order valence-corrected chi connectivity index (χ3v) is 2.46. The van der Waals surface area contributed by atoms with Gasteiger partial charge in [0.2, 0.25) is 0 Å². The van der Waals surface area contributed by atoms with Crippen molar-refractivity contribution in [1.29, 1.82) is 0 Å². The van der Waals surface area contributed by atoms with Gasteiger partial charge in [-0.2, -0.15) is 0 Å². The topological polar surface area (TPSA) is 38.0 Å².